The Morgan fingerprint density at radius 2 is 2.28 bits per heavy atom. The molecule has 1 saturated heterocycles. The summed E-state index contributed by atoms with van der Waals surface area (Å²) in [6.45, 7) is 1.85. The predicted octanol–water partition coefficient (Wildman–Crippen LogP) is 2.97. The van der Waals surface area contributed by atoms with E-state index in [0.717, 1.165) is 60.9 Å². The van der Waals surface area contributed by atoms with Crippen molar-refractivity contribution in [3.63, 3.8) is 0 Å². The van der Waals surface area contributed by atoms with E-state index in [4.69, 9.17) is 11.6 Å². The fourth-order valence-electron chi connectivity index (χ4n) is 3.67. The van der Waals surface area contributed by atoms with E-state index in [1.807, 2.05) is 24.7 Å². The highest BCUT2D eigenvalue weighted by Crippen LogP contribution is 2.31. The van der Waals surface area contributed by atoms with Crippen LogP contribution in [0.3, 0.4) is 0 Å². The summed E-state index contributed by atoms with van der Waals surface area (Å²) < 4.78 is 2.17. The molecule has 0 spiro atoms. The number of aromatic nitrogens is 4. The normalized spacial score (nSPS) is 21.0. The van der Waals surface area contributed by atoms with Gasteiger partial charge in [0, 0.05) is 34.9 Å². The van der Waals surface area contributed by atoms with E-state index >= 15 is 0 Å². The molecule has 0 unspecified atom stereocenters. The molecular formula is C18H22ClN5O. The predicted molar refractivity (Wildman–Crippen MR) is 98.6 cm³/mol. The van der Waals surface area contributed by atoms with Crippen molar-refractivity contribution in [2.45, 2.75) is 44.4 Å². The van der Waals surface area contributed by atoms with E-state index in [1.54, 1.807) is 6.20 Å². The highest BCUT2D eigenvalue weighted by molar-refractivity contribution is 6.31. The van der Waals surface area contributed by atoms with Crippen LogP contribution in [0.5, 0.6) is 0 Å². The molecule has 132 valence electrons. The number of aliphatic hydroxyl groups is 1. The van der Waals surface area contributed by atoms with Gasteiger partial charge >= 0.3 is 0 Å². The number of imidazole rings is 1. The highest BCUT2D eigenvalue weighted by Gasteiger charge is 2.22. The summed E-state index contributed by atoms with van der Waals surface area (Å²) in [5, 5.41) is 21.1. The summed E-state index contributed by atoms with van der Waals surface area (Å²) in [6.07, 6.45) is 9.19. The van der Waals surface area contributed by atoms with E-state index in [0.29, 0.717) is 5.02 Å². The molecule has 3 heterocycles. The molecule has 2 aromatic heterocycles. The van der Waals surface area contributed by atoms with Crippen LogP contribution in [0.1, 0.15) is 25.7 Å². The largest absolute Gasteiger partial charge is 0.392 e. The van der Waals surface area contributed by atoms with E-state index in [9.17, 15) is 5.11 Å². The van der Waals surface area contributed by atoms with Crippen LogP contribution >= 0.6 is 11.6 Å². The summed E-state index contributed by atoms with van der Waals surface area (Å²) in [7, 11) is 0. The number of hydrogen-bond acceptors (Lipinski definition) is 4. The molecule has 1 aliphatic heterocycles. The summed E-state index contributed by atoms with van der Waals surface area (Å²) in [4.78, 5) is 4.51. The molecule has 0 bridgehead atoms. The van der Waals surface area contributed by atoms with Crippen molar-refractivity contribution in [1.29, 1.82) is 0 Å². The van der Waals surface area contributed by atoms with Gasteiger partial charge in [-0.2, -0.15) is 5.10 Å². The maximum Gasteiger partial charge on any atom is 0.0958 e. The van der Waals surface area contributed by atoms with E-state index in [-0.39, 0.29) is 12.1 Å². The average molecular weight is 360 g/mol. The lowest BCUT2D eigenvalue weighted by molar-refractivity contribution is 0.0909. The van der Waals surface area contributed by atoms with Crippen molar-refractivity contribution in [3.05, 3.63) is 35.9 Å². The number of piperidine rings is 1. The van der Waals surface area contributed by atoms with Gasteiger partial charge in [0.25, 0.3) is 0 Å². The lowest BCUT2D eigenvalue weighted by atomic mass is 9.97. The van der Waals surface area contributed by atoms with Crippen molar-refractivity contribution in [3.8, 4) is 11.1 Å². The molecule has 1 aromatic carbocycles. The first-order valence-corrected chi connectivity index (χ1v) is 9.15. The number of aromatic amines is 1. The van der Waals surface area contributed by atoms with Crippen LogP contribution in [0.2, 0.25) is 5.02 Å². The molecule has 6 nitrogen and oxygen atoms in total. The second-order valence-corrected chi connectivity index (χ2v) is 7.09. The molecule has 2 atom stereocenters. The minimum absolute atomic E-state index is 0.200. The monoisotopic (exact) mass is 359 g/mol. The molecule has 3 aromatic rings. The Bertz CT molecular complexity index is 845. The van der Waals surface area contributed by atoms with Gasteiger partial charge in [0.15, 0.2) is 0 Å². The number of nitrogens with zero attached hydrogens (tertiary/aromatic N) is 3. The van der Waals surface area contributed by atoms with Gasteiger partial charge in [-0.15, -0.1) is 0 Å². The van der Waals surface area contributed by atoms with Gasteiger partial charge in [0.05, 0.1) is 29.7 Å². The topological polar surface area (TPSA) is 78.8 Å². The number of aliphatic hydroxyl groups excluding tert-OH is 1. The molecule has 0 radical (unpaired) electrons. The standard InChI is InChI=1S/C18H22ClN5O/c19-13-7-14(12-9-22-23-10-12)18-16(8-13)21-11-24(18)6-2-3-15-17(25)4-1-5-20-15/h7-11,15,17,20,25H,1-6H2,(H,22,23)/t15-,17+/m1/s1. The number of benzene rings is 1. The maximum absolute atomic E-state index is 10.1. The van der Waals surface area contributed by atoms with Crippen LogP contribution in [0.15, 0.2) is 30.9 Å². The van der Waals surface area contributed by atoms with E-state index in [2.05, 4.69) is 25.1 Å². The van der Waals surface area contributed by atoms with Crippen LogP contribution in [0.25, 0.3) is 22.2 Å². The third-order valence-electron chi connectivity index (χ3n) is 4.95. The lowest BCUT2D eigenvalue weighted by Crippen LogP contribution is -2.44. The van der Waals surface area contributed by atoms with Crippen molar-refractivity contribution in [2.75, 3.05) is 6.54 Å². The highest BCUT2D eigenvalue weighted by atomic mass is 35.5. The van der Waals surface area contributed by atoms with Gasteiger partial charge in [0.1, 0.15) is 0 Å². The minimum atomic E-state index is -0.228. The summed E-state index contributed by atoms with van der Waals surface area (Å²) in [5.41, 5.74) is 3.99. The zero-order chi connectivity index (χ0) is 17.2. The molecule has 0 saturated carbocycles. The average Bonchev–Trinajstić information content (AvgIpc) is 3.26. The molecule has 1 fully saturated rings. The van der Waals surface area contributed by atoms with Crippen LogP contribution in [-0.2, 0) is 6.54 Å². The quantitative estimate of drug-likeness (QED) is 0.654. The fraction of sp³-hybridized carbons (Fsp3) is 0.444. The molecule has 0 amide bonds. The Labute approximate surface area is 151 Å². The van der Waals surface area contributed by atoms with Gasteiger partial charge < -0.3 is 15.0 Å². The second kappa shape index (κ2) is 7.15. The van der Waals surface area contributed by atoms with Crippen molar-refractivity contribution < 1.29 is 5.11 Å². The molecule has 25 heavy (non-hydrogen) atoms. The fourth-order valence-corrected chi connectivity index (χ4v) is 3.89. The van der Waals surface area contributed by atoms with Crippen LogP contribution in [0.4, 0.5) is 0 Å². The minimum Gasteiger partial charge on any atom is -0.392 e. The smallest absolute Gasteiger partial charge is 0.0958 e. The molecule has 4 rings (SSSR count). The number of H-pyrrole nitrogens is 1. The van der Waals surface area contributed by atoms with Crippen LogP contribution in [0, 0.1) is 0 Å². The van der Waals surface area contributed by atoms with Crippen molar-refractivity contribution in [1.82, 2.24) is 25.1 Å². The third-order valence-corrected chi connectivity index (χ3v) is 5.17. The van der Waals surface area contributed by atoms with Gasteiger partial charge in [0.2, 0.25) is 0 Å². The molecule has 7 heteroatoms. The Hall–Kier alpha value is -1.89. The Morgan fingerprint density at radius 3 is 3.08 bits per heavy atom. The van der Waals surface area contributed by atoms with Crippen molar-refractivity contribution in [2.24, 2.45) is 0 Å². The first-order valence-electron chi connectivity index (χ1n) is 8.77. The molecule has 1 aliphatic rings. The van der Waals surface area contributed by atoms with E-state index < -0.39 is 0 Å². The number of hydrogen-bond donors (Lipinski definition) is 3. The SMILES string of the molecule is O[C@H]1CCCN[C@@H]1CCCn1cnc2cc(Cl)cc(-c3cn[nH]c3)c21. The Morgan fingerprint density at radius 1 is 1.36 bits per heavy atom. The molecule has 0 aliphatic carbocycles. The Balaban J connectivity index is 1.56. The first-order chi connectivity index (χ1) is 12.2. The zero-order valence-corrected chi connectivity index (χ0v) is 14.7. The molecule has 3 N–H and O–H groups in total. The number of nitrogens with one attached hydrogen (secondary N) is 2. The van der Waals surface area contributed by atoms with Gasteiger partial charge in [-0.1, -0.05) is 11.6 Å². The number of halogens is 1. The second-order valence-electron chi connectivity index (χ2n) is 6.66. The number of rotatable bonds is 5. The van der Waals surface area contributed by atoms with Crippen molar-refractivity contribution >= 4 is 22.6 Å². The van der Waals surface area contributed by atoms with Gasteiger partial charge in [-0.05, 0) is 44.4 Å². The summed E-state index contributed by atoms with van der Waals surface area (Å²) in [5.74, 6) is 0. The zero-order valence-electron chi connectivity index (χ0n) is 14.0. The van der Waals surface area contributed by atoms with Crippen LogP contribution < -0.4 is 5.32 Å². The third kappa shape index (κ3) is 3.42. The maximum atomic E-state index is 10.1. The number of aryl methyl sites for hydroxylation is 1. The summed E-state index contributed by atoms with van der Waals surface area (Å²) in [6, 6.07) is 4.05. The van der Waals surface area contributed by atoms with Crippen LogP contribution in [-0.4, -0.2) is 43.5 Å². The Kier molecular flexibility index (Phi) is 4.74. The number of fused-ring (bicyclic) bond motifs is 1. The van der Waals surface area contributed by atoms with E-state index in [1.165, 1.54) is 0 Å². The van der Waals surface area contributed by atoms with Gasteiger partial charge in [-0.3, -0.25) is 5.10 Å². The molecular weight excluding hydrogens is 338 g/mol. The summed E-state index contributed by atoms with van der Waals surface area (Å²) >= 11 is 6.26. The van der Waals surface area contributed by atoms with Gasteiger partial charge in [-0.25, -0.2) is 4.98 Å². The lowest BCUT2D eigenvalue weighted by Gasteiger charge is -2.29. The first kappa shape index (κ1) is 16.6.